The Morgan fingerprint density at radius 1 is 1.13 bits per heavy atom. The highest BCUT2D eigenvalue weighted by Gasteiger charge is 2.61. The molecule has 30 heavy (non-hydrogen) atoms. The van der Waals surface area contributed by atoms with Crippen LogP contribution < -0.4 is 4.74 Å². The maximum absolute atomic E-state index is 6.29. The highest BCUT2D eigenvalue weighted by Crippen LogP contribution is 2.64. The second-order valence-electron chi connectivity index (χ2n) is 9.45. The summed E-state index contributed by atoms with van der Waals surface area (Å²) in [6, 6.07) is 7.99. The molecule has 4 atom stereocenters. The van der Waals surface area contributed by atoms with Gasteiger partial charge in [-0.1, -0.05) is 12.1 Å². The van der Waals surface area contributed by atoms with E-state index >= 15 is 0 Å². The van der Waals surface area contributed by atoms with Crippen LogP contribution in [0.4, 0.5) is 0 Å². The molecule has 0 N–H and O–H groups in total. The second-order valence-corrected chi connectivity index (χ2v) is 9.79. The van der Waals surface area contributed by atoms with Crippen molar-refractivity contribution >= 4 is 11.6 Å². The van der Waals surface area contributed by atoms with Crippen LogP contribution in [0.25, 0.3) is 0 Å². The molecule has 2 aromatic heterocycles. The Kier molecular flexibility index (Phi) is 4.01. The molecule has 8 heteroatoms. The number of rotatable bonds is 5. The molecule has 4 fully saturated rings. The van der Waals surface area contributed by atoms with Crippen molar-refractivity contribution in [3.05, 3.63) is 53.2 Å². The van der Waals surface area contributed by atoms with Gasteiger partial charge in [-0.3, -0.25) is 0 Å². The van der Waals surface area contributed by atoms with Crippen LogP contribution in [0.2, 0.25) is 5.28 Å². The molecule has 0 spiro atoms. The monoisotopic (exact) mass is 425 g/mol. The van der Waals surface area contributed by atoms with Gasteiger partial charge in [0.2, 0.25) is 17.1 Å². The van der Waals surface area contributed by atoms with E-state index in [-0.39, 0.29) is 11.0 Å². The Hall–Kier alpha value is -2.41. The number of halogens is 1. The number of hydrogen-bond acceptors (Lipinski definition) is 6. The maximum Gasteiger partial charge on any atom is 0.242 e. The van der Waals surface area contributed by atoms with Crippen molar-refractivity contribution in [1.82, 2.24) is 25.0 Å². The second kappa shape index (κ2) is 6.54. The first-order chi connectivity index (χ1) is 14.6. The molecular formula is C22H24ClN5O2. The van der Waals surface area contributed by atoms with E-state index in [1.54, 1.807) is 13.4 Å². The van der Waals surface area contributed by atoms with Crippen molar-refractivity contribution in [1.29, 1.82) is 0 Å². The zero-order valence-electron chi connectivity index (χ0n) is 16.9. The summed E-state index contributed by atoms with van der Waals surface area (Å²) in [5.74, 6) is 3.63. The Morgan fingerprint density at radius 2 is 1.90 bits per heavy atom. The highest BCUT2D eigenvalue weighted by atomic mass is 35.5. The first kappa shape index (κ1) is 18.4. The third kappa shape index (κ3) is 2.86. The van der Waals surface area contributed by atoms with E-state index in [1.165, 1.54) is 6.42 Å². The minimum atomic E-state index is -0.0618. The Morgan fingerprint density at radius 3 is 2.57 bits per heavy atom. The predicted molar refractivity (Wildman–Crippen MR) is 109 cm³/mol. The average molecular weight is 426 g/mol. The molecular weight excluding hydrogens is 402 g/mol. The van der Waals surface area contributed by atoms with E-state index < -0.39 is 0 Å². The van der Waals surface area contributed by atoms with E-state index in [0.29, 0.717) is 29.4 Å². The van der Waals surface area contributed by atoms with Gasteiger partial charge in [-0.05, 0) is 79.7 Å². The molecule has 7 rings (SSSR count). The fraction of sp³-hybridized carbons (Fsp3) is 0.545. The van der Waals surface area contributed by atoms with Crippen LogP contribution in [-0.2, 0) is 17.4 Å². The lowest BCUT2D eigenvalue weighted by Gasteiger charge is -2.60. The SMILES string of the molecule is COc1ccc(Cc2nnc(C34C[C@H]5C[C@@H](C3)CC(n3cnc(Cl)n3)(C5)C4)o2)cc1. The van der Waals surface area contributed by atoms with Crippen LogP contribution in [0, 0.1) is 11.8 Å². The number of ether oxygens (including phenoxy) is 1. The third-order valence-electron chi connectivity index (χ3n) is 7.42. The predicted octanol–water partition coefficient (Wildman–Crippen LogP) is 4.16. The molecule has 7 nitrogen and oxygen atoms in total. The summed E-state index contributed by atoms with van der Waals surface area (Å²) in [5, 5.41) is 13.8. The number of nitrogens with zero attached hydrogens (tertiary/aromatic N) is 5. The Bertz CT molecular complexity index is 1060. The lowest BCUT2D eigenvalue weighted by atomic mass is 9.47. The molecule has 0 aliphatic heterocycles. The molecule has 0 radical (unpaired) electrons. The fourth-order valence-electron chi connectivity index (χ4n) is 6.66. The highest BCUT2D eigenvalue weighted by molar-refractivity contribution is 6.28. The van der Waals surface area contributed by atoms with Gasteiger partial charge >= 0.3 is 0 Å². The molecule has 156 valence electrons. The van der Waals surface area contributed by atoms with Gasteiger partial charge in [0.05, 0.1) is 24.5 Å². The maximum atomic E-state index is 6.29. The van der Waals surface area contributed by atoms with E-state index in [1.807, 2.05) is 28.9 Å². The molecule has 0 saturated heterocycles. The number of hydrogen-bond donors (Lipinski definition) is 0. The fourth-order valence-corrected chi connectivity index (χ4v) is 6.79. The molecule has 0 amide bonds. The molecule has 2 unspecified atom stereocenters. The van der Waals surface area contributed by atoms with Crippen LogP contribution in [0.1, 0.15) is 55.9 Å². The van der Waals surface area contributed by atoms with Crippen LogP contribution in [0.15, 0.2) is 35.0 Å². The van der Waals surface area contributed by atoms with Gasteiger partial charge < -0.3 is 9.15 Å². The van der Waals surface area contributed by atoms with Crippen molar-refractivity contribution in [3.8, 4) is 5.75 Å². The zero-order valence-corrected chi connectivity index (χ0v) is 17.7. The first-order valence-corrected chi connectivity index (χ1v) is 11.0. The molecule has 4 saturated carbocycles. The summed E-state index contributed by atoms with van der Waals surface area (Å²) in [7, 11) is 1.67. The lowest BCUT2D eigenvalue weighted by molar-refractivity contribution is -0.0775. The molecule has 3 aromatic rings. The smallest absolute Gasteiger partial charge is 0.242 e. The molecule has 4 aliphatic carbocycles. The van der Waals surface area contributed by atoms with Crippen molar-refractivity contribution in [2.45, 2.75) is 55.9 Å². The summed E-state index contributed by atoms with van der Waals surface area (Å²) in [6.45, 7) is 0. The van der Waals surface area contributed by atoms with Gasteiger partial charge in [-0.25, -0.2) is 9.67 Å². The summed E-state index contributed by atoms with van der Waals surface area (Å²) >= 11 is 6.06. The lowest BCUT2D eigenvalue weighted by Crippen LogP contribution is -2.58. The van der Waals surface area contributed by atoms with Crippen molar-refractivity contribution in [2.24, 2.45) is 11.8 Å². The molecule has 4 aliphatic rings. The van der Waals surface area contributed by atoms with Gasteiger partial charge in [0.1, 0.15) is 12.1 Å². The van der Waals surface area contributed by atoms with Gasteiger partial charge in [-0.2, -0.15) is 0 Å². The summed E-state index contributed by atoms with van der Waals surface area (Å²) in [6.07, 6.45) is 9.21. The van der Waals surface area contributed by atoms with Crippen molar-refractivity contribution in [3.63, 3.8) is 0 Å². The van der Waals surface area contributed by atoms with Gasteiger partial charge in [0, 0.05) is 0 Å². The topological polar surface area (TPSA) is 78.9 Å². The normalized spacial score (nSPS) is 31.9. The average Bonchev–Trinajstić information content (AvgIpc) is 3.38. The van der Waals surface area contributed by atoms with Crippen LogP contribution in [-0.4, -0.2) is 32.1 Å². The van der Waals surface area contributed by atoms with Crippen molar-refractivity contribution in [2.75, 3.05) is 7.11 Å². The van der Waals surface area contributed by atoms with Crippen LogP contribution in [0.3, 0.4) is 0 Å². The van der Waals surface area contributed by atoms with Crippen LogP contribution >= 0.6 is 11.6 Å². The van der Waals surface area contributed by atoms with E-state index in [2.05, 4.69) is 20.3 Å². The molecule has 1 aromatic carbocycles. The number of benzene rings is 1. The largest absolute Gasteiger partial charge is 0.497 e. The van der Waals surface area contributed by atoms with E-state index in [9.17, 15) is 0 Å². The quantitative estimate of drug-likeness (QED) is 0.610. The van der Waals surface area contributed by atoms with Crippen molar-refractivity contribution < 1.29 is 9.15 Å². The van der Waals surface area contributed by atoms with Gasteiger partial charge in [0.15, 0.2) is 0 Å². The minimum absolute atomic E-state index is 0.0329. The van der Waals surface area contributed by atoms with E-state index in [0.717, 1.165) is 49.3 Å². The molecule has 2 heterocycles. The third-order valence-corrected chi connectivity index (χ3v) is 7.59. The molecule has 4 bridgehead atoms. The Balaban J connectivity index is 1.30. The number of aromatic nitrogens is 5. The van der Waals surface area contributed by atoms with Gasteiger partial charge in [-0.15, -0.1) is 15.3 Å². The zero-order chi connectivity index (χ0) is 20.3. The first-order valence-electron chi connectivity index (χ1n) is 10.6. The van der Waals surface area contributed by atoms with Crippen LogP contribution in [0.5, 0.6) is 5.75 Å². The Labute approximate surface area is 179 Å². The summed E-state index contributed by atoms with van der Waals surface area (Å²) in [5.41, 5.74) is 1.04. The number of methoxy groups -OCH3 is 1. The standard InChI is InChI=1S/C22H24ClN5O2/c1-29-17-4-2-14(3-5-17)7-18-25-26-19(30-18)21-8-15-6-16(9-21)11-22(10-15,12-21)28-13-24-20(23)27-28/h2-5,13,15-16H,6-12H2,1H3/t15-,16+,21?,22?. The summed E-state index contributed by atoms with van der Waals surface area (Å²) in [4.78, 5) is 4.19. The summed E-state index contributed by atoms with van der Waals surface area (Å²) < 4.78 is 13.6. The van der Waals surface area contributed by atoms with Gasteiger partial charge in [0.25, 0.3) is 0 Å². The minimum Gasteiger partial charge on any atom is -0.497 e. The van der Waals surface area contributed by atoms with E-state index in [4.69, 9.17) is 20.8 Å².